The first-order valence-corrected chi connectivity index (χ1v) is 4.60. The van der Waals surface area contributed by atoms with Gasteiger partial charge >= 0.3 is 0 Å². The molecule has 0 aliphatic carbocycles. The van der Waals surface area contributed by atoms with Gasteiger partial charge in [0.1, 0.15) is 6.33 Å². The molecule has 0 atom stereocenters. The summed E-state index contributed by atoms with van der Waals surface area (Å²) in [4.78, 5) is 7.48. The Morgan fingerprint density at radius 1 is 1.27 bits per heavy atom. The largest absolute Gasteiger partial charge is 0.242 e. The Kier molecular flexibility index (Phi) is 2.22. The fraction of sp³-hybridized carbons (Fsp3) is 0.300. The van der Waals surface area contributed by atoms with Crippen molar-refractivity contribution >= 4 is 0 Å². The highest BCUT2D eigenvalue weighted by atomic mass is 19.1. The summed E-state index contributed by atoms with van der Waals surface area (Å²) in [7, 11) is 0. The van der Waals surface area contributed by atoms with Crippen molar-refractivity contribution in [3.05, 3.63) is 35.3 Å². The predicted octanol–water partition coefficient (Wildman–Crippen LogP) is 1.73. The van der Waals surface area contributed by atoms with Crippen LogP contribution in [-0.2, 0) is 0 Å². The number of hydrogen-bond donors (Lipinski definition) is 0. The van der Waals surface area contributed by atoms with Crippen molar-refractivity contribution in [1.82, 2.24) is 19.7 Å². The summed E-state index contributed by atoms with van der Waals surface area (Å²) >= 11 is 0. The second-order valence-corrected chi connectivity index (χ2v) is 3.40. The molecule has 0 aliphatic rings. The van der Waals surface area contributed by atoms with Crippen LogP contribution in [0.2, 0.25) is 0 Å². The molecule has 0 fully saturated rings. The van der Waals surface area contributed by atoms with E-state index in [1.807, 2.05) is 20.8 Å². The fourth-order valence-corrected chi connectivity index (χ4v) is 1.39. The molecule has 0 saturated heterocycles. The van der Waals surface area contributed by atoms with Gasteiger partial charge in [-0.1, -0.05) is 0 Å². The van der Waals surface area contributed by atoms with Crippen LogP contribution in [0.1, 0.15) is 17.0 Å². The van der Waals surface area contributed by atoms with Gasteiger partial charge < -0.3 is 0 Å². The van der Waals surface area contributed by atoms with Gasteiger partial charge in [0, 0.05) is 5.69 Å². The van der Waals surface area contributed by atoms with Gasteiger partial charge in [0.2, 0.25) is 0 Å². The van der Waals surface area contributed by atoms with Crippen molar-refractivity contribution in [3.8, 4) is 5.82 Å². The minimum absolute atomic E-state index is 0.193. The average molecular weight is 206 g/mol. The van der Waals surface area contributed by atoms with Gasteiger partial charge in [-0.25, -0.2) is 19.0 Å². The highest BCUT2D eigenvalue weighted by Crippen LogP contribution is 2.16. The van der Waals surface area contributed by atoms with Crippen LogP contribution in [0.15, 0.2) is 12.5 Å². The molecular weight excluding hydrogens is 195 g/mol. The zero-order valence-electron chi connectivity index (χ0n) is 8.82. The van der Waals surface area contributed by atoms with Crippen LogP contribution in [0.5, 0.6) is 0 Å². The van der Waals surface area contributed by atoms with Crippen LogP contribution < -0.4 is 0 Å². The van der Waals surface area contributed by atoms with E-state index in [1.165, 1.54) is 11.0 Å². The van der Waals surface area contributed by atoms with E-state index in [2.05, 4.69) is 15.1 Å². The van der Waals surface area contributed by atoms with Crippen molar-refractivity contribution in [2.75, 3.05) is 0 Å². The lowest BCUT2D eigenvalue weighted by Crippen LogP contribution is -2.05. The van der Waals surface area contributed by atoms with Crippen molar-refractivity contribution < 1.29 is 4.39 Å². The molecule has 78 valence electrons. The van der Waals surface area contributed by atoms with Crippen molar-refractivity contribution in [2.45, 2.75) is 20.8 Å². The van der Waals surface area contributed by atoms with E-state index in [4.69, 9.17) is 0 Å². The van der Waals surface area contributed by atoms with Gasteiger partial charge in [0.05, 0.1) is 11.9 Å². The number of aryl methyl sites for hydroxylation is 1. The molecule has 0 radical (unpaired) electrons. The maximum Gasteiger partial charge on any atom is 0.193 e. The molecule has 0 spiro atoms. The lowest BCUT2D eigenvalue weighted by molar-refractivity contribution is 0.589. The Morgan fingerprint density at radius 3 is 2.53 bits per heavy atom. The van der Waals surface area contributed by atoms with E-state index in [-0.39, 0.29) is 5.82 Å². The van der Waals surface area contributed by atoms with Crippen LogP contribution in [0.25, 0.3) is 5.82 Å². The van der Waals surface area contributed by atoms with E-state index in [1.54, 1.807) is 0 Å². The van der Waals surface area contributed by atoms with E-state index >= 15 is 0 Å². The Bertz CT molecular complexity index is 504. The van der Waals surface area contributed by atoms with Gasteiger partial charge in [-0.05, 0) is 26.3 Å². The first kappa shape index (κ1) is 9.76. The summed E-state index contributed by atoms with van der Waals surface area (Å²) < 4.78 is 14.9. The number of nitrogens with zero attached hydrogens (tertiary/aromatic N) is 4. The highest BCUT2D eigenvalue weighted by Gasteiger charge is 2.13. The molecule has 5 heteroatoms. The highest BCUT2D eigenvalue weighted by molar-refractivity contribution is 5.31. The minimum atomic E-state index is -0.469. The van der Waals surface area contributed by atoms with E-state index < -0.39 is 5.82 Å². The molecule has 0 amide bonds. The predicted molar refractivity (Wildman–Crippen MR) is 53.3 cm³/mol. The Labute approximate surface area is 86.8 Å². The van der Waals surface area contributed by atoms with Gasteiger partial charge in [0.25, 0.3) is 0 Å². The Hall–Kier alpha value is -1.78. The fourth-order valence-electron chi connectivity index (χ4n) is 1.39. The second-order valence-electron chi connectivity index (χ2n) is 3.40. The molecule has 4 nitrogen and oxygen atoms in total. The van der Waals surface area contributed by atoms with Crippen molar-refractivity contribution in [1.29, 1.82) is 0 Å². The summed E-state index contributed by atoms with van der Waals surface area (Å²) in [6.07, 6.45) is 2.44. The topological polar surface area (TPSA) is 43.6 Å². The van der Waals surface area contributed by atoms with Gasteiger partial charge in [-0.3, -0.25) is 0 Å². The van der Waals surface area contributed by atoms with E-state index in [0.717, 1.165) is 23.1 Å². The van der Waals surface area contributed by atoms with Crippen LogP contribution >= 0.6 is 0 Å². The van der Waals surface area contributed by atoms with Crippen LogP contribution in [0.4, 0.5) is 4.39 Å². The van der Waals surface area contributed by atoms with Gasteiger partial charge in [-0.2, -0.15) is 5.10 Å². The quantitative estimate of drug-likeness (QED) is 0.713. The molecule has 2 heterocycles. The molecule has 0 saturated carbocycles. The van der Waals surface area contributed by atoms with Crippen molar-refractivity contribution in [3.63, 3.8) is 0 Å². The third-order valence-corrected chi connectivity index (χ3v) is 2.50. The first-order valence-electron chi connectivity index (χ1n) is 4.60. The molecule has 0 bridgehead atoms. The summed E-state index contributed by atoms with van der Waals surface area (Å²) in [5, 5.41) is 4.23. The summed E-state index contributed by atoms with van der Waals surface area (Å²) in [6, 6.07) is 0. The molecule has 2 rings (SSSR count). The van der Waals surface area contributed by atoms with Gasteiger partial charge in [0.15, 0.2) is 11.6 Å². The number of halogens is 1. The number of aromatic nitrogens is 4. The van der Waals surface area contributed by atoms with Crippen molar-refractivity contribution in [2.24, 2.45) is 0 Å². The Balaban J connectivity index is 2.65. The maximum absolute atomic E-state index is 13.4. The minimum Gasteiger partial charge on any atom is -0.242 e. The normalized spacial score (nSPS) is 10.7. The van der Waals surface area contributed by atoms with E-state index in [9.17, 15) is 4.39 Å². The lowest BCUT2D eigenvalue weighted by Gasteiger charge is -2.03. The number of hydrogen-bond acceptors (Lipinski definition) is 3. The van der Waals surface area contributed by atoms with Crippen LogP contribution in [-0.4, -0.2) is 19.7 Å². The third kappa shape index (κ3) is 1.49. The zero-order chi connectivity index (χ0) is 11.0. The molecule has 0 aromatic carbocycles. The summed E-state index contributed by atoms with van der Waals surface area (Å²) in [5.74, 6) is -0.276. The molecule has 2 aromatic heterocycles. The summed E-state index contributed by atoms with van der Waals surface area (Å²) in [5.41, 5.74) is 2.82. The lowest BCUT2D eigenvalue weighted by atomic mass is 10.2. The second kappa shape index (κ2) is 3.42. The molecular formula is C10H11FN4. The molecule has 0 unspecified atom stereocenters. The SMILES string of the molecule is Cc1nn(-c2ncncc2F)c(C)c1C. The Morgan fingerprint density at radius 2 is 2.00 bits per heavy atom. The van der Waals surface area contributed by atoms with Crippen LogP contribution in [0, 0.1) is 26.6 Å². The van der Waals surface area contributed by atoms with E-state index in [0.29, 0.717) is 0 Å². The number of rotatable bonds is 1. The monoisotopic (exact) mass is 206 g/mol. The maximum atomic E-state index is 13.4. The molecule has 0 N–H and O–H groups in total. The third-order valence-electron chi connectivity index (χ3n) is 2.50. The smallest absolute Gasteiger partial charge is 0.193 e. The average Bonchev–Trinajstić information content (AvgIpc) is 2.47. The molecule has 2 aromatic rings. The first-order chi connectivity index (χ1) is 7.11. The van der Waals surface area contributed by atoms with Crippen LogP contribution in [0.3, 0.4) is 0 Å². The zero-order valence-corrected chi connectivity index (χ0v) is 8.82. The van der Waals surface area contributed by atoms with Gasteiger partial charge in [-0.15, -0.1) is 0 Å². The standard InChI is InChI=1S/C10H11FN4/c1-6-7(2)14-15(8(6)3)10-9(11)4-12-5-13-10/h4-5H,1-3H3. The molecule has 0 aliphatic heterocycles. The molecule has 15 heavy (non-hydrogen) atoms. The summed E-state index contributed by atoms with van der Waals surface area (Å²) in [6.45, 7) is 5.72.